The van der Waals surface area contributed by atoms with Gasteiger partial charge in [0.2, 0.25) is 0 Å². The third kappa shape index (κ3) is 4.96. The summed E-state index contributed by atoms with van der Waals surface area (Å²) in [6.45, 7) is 7.15. The van der Waals surface area contributed by atoms with E-state index in [0.717, 1.165) is 0 Å². The summed E-state index contributed by atoms with van der Waals surface area (Å²) in [6, 6.07) is 0. The van der Waals surface area contributed by atoms with Crippen molar-refractivity contribution in [3.05, 3.63) is 11.5 Å². The van der Waals surface area contributed by atoms with Gasteiger partial charge in [0, 0.05) is 25.7 Å². The van der Waals surface area contributed by atoms with E-state index < -0.39 is 0 Å². The van der Waals surface area contributed by atoms with E-state index in [4.69, 9.17) is 9.47 Å². The first-order valence-electron chi connectivity index (χ1n) is 5.72. The van der Waals surface area contributed by atoms with Crippen molar-refractivity contribution >= 4 is 11.9 Å². The van der Waals surface area contributed by atoms with Crippen molar-refractivity contribution in [2.24, 2.45) is 0 Å². The lowest BCUT2D eigenvalue weighted by Gasteiger charge is -2.12. The predicted molar refractivity (Wildman–Crippen MR) is 60.4 cm³/mol. The molecule has 0 amide bonds. The Kier molecular flexibility index (Phi) is 7.25. The zero-order valence-electron chi connectivity index (χ0n) is 10.5. The molecular formula is C12H20O4. The number of allylic oxidation sites excluding steroid dienone is 2. The molecular weight excluding hydrogens is 208 g/mol. The maximum Gasteiger partial charge on any atom is 0.310 e. The van der Waals surface area contributed by atoms with Crippen LogP contribution in [0, 0.1) is 0 Å². The smallest absolute Gasteiger partial charge is 0.310 e. The Morgan fingerprint density at radius 3 is 1.19 bits per heavy atom. The van der Waals surface area contributed by atoms with Crippen LogP contribution in [-0.4, -0.2) is 11.9 Å². The maximum absolute atomic E-state index is 11.2. The number of carbonyl (C=O) groups excluding carboxylic acids is 2. The minimum atomic E-state index is -0.310. The van der Waals surface area contributed by atoms with Crippen molar-refractivity contribution in [3.8, 4) is 0 Å². The molecule has 0 atom stereocenters. The van der Waals surface area contributed by atoms with E-state index in [1.807, 2.05) is 13.8 Å². The van der Waals surface area contributed by atoms with E-state index >= 15 is 0 Å². The van der Waals surface area contributed by atoms with Gasteiger partial charge < -0.3 is 9.47 Å². The van der Waals surface area contributed by atoms with Crippen LogP contribution in [-0.2, 0) is 19.1 Å². The Bertz CT molecular complexity index is 251. The molecule has 0 rings (SSSR count). The van der Waals surface area contributed by atoms with Gasteiger partial charge in [0.1, 0.15) is 11.5 Å². The van der Waals surface area contributed by atoms with Gasteiger partial charge in [0.05, 0.1) is 0 Å². The second kappa shape index (κ2) is 7.91. The SMILES string of the molecule is CCC(=O)O/C(CC)=C(\CC)OC(=O)CC. The van der Waals surface area contributed by atoms with Gasteiger partial charge in [-0.1, -0.05) is 27.7 Å². The second-order valence-electron chi connectivity index (χ2n) is 3.21. The first-order valence-corrected chi connectivity index (χ1v) is 5.72. The standard InChI is InChI=1S/C12H20O4/c1-5-9(15-11(13)7-3)10(6-2)16-12(14)8-4/h5-8H2,1-4H3/b10-9+. The molecule has 0 saturated carbocycles. The van der Waals surface area contributed by atoms with E-state index in [-0.39, 0.29) is 11.9 Å². The summed E-state index contributed by atoms with van der Waals surface area (Å²) in [5.41, 5.74) is 0. The lowest BCUT2D eigenvalue weighted by molar-refractivity contribution is -0.143. The van der Waals surface area contributed by atoms with Gasteiger partial charge in [0.25, 0.3) is 0 Å². The summed E-state index contributed by atoms with van der Waals surface area (Å²) in [5, 5.41) is 0. The molecule has 0 aromatic heterocycles. The molecule has 0 aliphatic carbocycles. The van der Waals surface area contributed by atoms with E-state index in [1.165, 1.54) is 0 Å². The van der Waals surface area contributed by atoms with E-state index in [0.29, 0.717) is 37.2 Å². The van der Waals surface area contributed by atoms with Gasteiger partial charge in [0.15, 0.2) is 0 Å². The molecule has 0 heterocycles. The molecule has 0 spiro atoms. The lowest BCUT2D eigenvalue weighted by atomic mass is 10.2. The third-order valence-corrected chi connectivity index (χ3v) is 2.00. The Morgan fingerprint density at radius 2 is 1.00 bits per heavy atom. The average molecular weight is 228 g/mol. The molecule has 0 bridgehead atoms. The van der Waals surface area contributed by atoms with Crippen molar-refractivity contribution in [3.63, 3.8) is 0 Å². The predicted octanol–water partition coefficient (Wildman–Crippen LogP) is 2.92. The molecule has 4 nitrogen and oxygen atoms in total. The van der Waals surface area contributed by atoms with Crippen LogP contribution in [0.5, 0.6) is 0 Å². The Morgan fingerprint density at radius 1 is 0.688 bits per heavy atom. The molecule has 0 aliphatic rings. The van der Waals surface area contributed by atoms with Gasteiger partial charge >= 0.3 is 11.9 Å². The van der Waals surface area contributed by atoms with Gasteiger partial charge in [-0.25, -0.2) is 0 Å². The van der Waals surface area contributed by atoms with Gasteiger partial charge in [-0.15, -0.1) is 0 Å². The van der Waals surface area contributed by atoms with Gasteiger partial charge in [-0.05, 0) is 0 Å². The third-order valence-electron chi connectivity index (χ3n) is 2.00. The lowest BCUT2D eigenvalue weighted by Crippen LogP contribution is -2.09. The minimum Gasteiger partial charge on any atom is -0.427 e. The largest absolute Gasteiger partial charge is 0.427 e. The van der Waals surface area contributed by atoms with Crippen LogP contribution in [0.15, 0.2) is 11.5 Å². The Balaban J connectivity index is 4.75. The van der Waals surface area contributed by atoms with Crippen LogP contribution in [0.1, 0.15) is 53.4 Å². The number of carbonyl (C=O) groups is 2. The normalized spacial score (nSPS) is 11.8. The molecule has 0 radical (unpaired) electrons. The van der Waals surface area contributed by atoms with Gasteiger partial charge in [-0.2, -0.15) is 0 Å². The van der Waals surface area contributed by atoms with Crippen molar-refractivity contribution in [2.45, 2.75) is 53.4 Å². The van der Waals surface area contributed by atoms with Crippen molar-refractivity contribution in [1.29, 1.82) is 0 Å². The Hall–Kier alpha value is -1.32. The topological polar surface area (TPSA) is 52.6 Å². The second-order valence-corrected chi connectivity index (χ2v) is 3.21. The quantitative estimate of drug-likeness (QED) is 0.518. The van der Waals surface area contributed by atoms with Crippen LogP contribution in [0.2, 0.25) is 0 Å². The summed E-state index contributed by atoms with van der Waals surface area (Å²) in [6.07, 6.45) is 1.68. The van der Waals surface area contributed by atoms with Crippen molar-refractivity contribution < 1.29 is 19.1 Å². The molecule has 0 aliphatic heterocycles. The van der Waals surface area contributed by atoms with E-state index in [1.54, 1.807) is 13.8 Å². The van der Waals surface area contributed by atoms with E-state index in [2.05, 4.69) is 0 Å². The number of rotatable bonds is 6. The molecule has 4 heteroatoms. The van der Waals surface area contributed by atoms with Crippen LogP contribution >= 0.6 is 0 Å². The monoisotopic (exact) mass is 228 g/mol. The summed E-state index contributed by atoms with van der Waals surface area (Å²) in [5.74, 6) is 0.290. The highest BCUT2D eigenvalue weighted by Crippen LogP contribution is 2.16. The Labute approximate surface area is 96.6 Å². The van der Waals surface area contributed by atoms with Crippen LogP contribution in [0.3, 0.4) is 0 Å². The summed E-state index contributed by atoms with van der Waals surface area (Å²) in [4.78, 5) is 22.3. The average Bonchev–Trinajstić information content (AvgIpc) is 2.32. The molecule has 0 unspecified atom stereocenters. The zero-order chi connectivity index (χ0) is 12.6. The van der Waals surface area contributed by atoms with Gasteiger partial charge in [-0.3, -0.25) is 9.59 Å². The number of hydrogen-bond acceptors (Lipinski definition) is 4. The molecule has 92 valence electrons. The van der Waals surface area contributed by atoms with E-state index in [9.17, 15) is 9.59 Å². The maximum atomic E-state index is 11.2. The van der Waals surface area contributed by atoms with Crippen LogP contribution < -0.4 is 0 Å². The molecule has 0 aromatic rings. The summed E-state index contributed by atoms with van der Waals surface area (Å²) < 4.78 is 10.2. The number of hydrogen-bond donors (Lipinski definition) is 0. The summed E-state index contributed by atoms with van der Waals surface area (Å²) in [7, 11) is 0. The first kappa shape index (κ1) is 14.7. The highest BCUT2D eigenvalue weighted by Gasteiger charge is 2.13. The zero-order valence-corrected chi connectivity index (χ0v) is 10.5. The van der Waals surface area contributed by atoms with Crippen LogP contribution in [0.4, 0.5) is 0 Å². The van der Waals surface area contributed by atoms with Crippen LogP contribution in [0.25, 0.3) is 0 Å². The fourth-order valence-electron chi connectivity index (χ4n) is 1.07. The fourth-order valence-corrected chi connectivity index (χ4v) is 1.07. The highest BCUT2D eigenvalue weighted by molar-refractivity contribution is 5.71. The molecule has 0 aromatic carbocycles. The molecule has 0 fully saturated rings. The van der Waals surface area contributed by atoms with Crippen molar-refractivity contribution in [1.82, 2.24) is 0 Å². The highest BCUT2D eigenvalue weighted by atomic mass is 16.6. The molecule has 16 heavy (non-hydrogen) atoms. The number of ether oxygens (including phenoxy) is 2. The first-order chi connectivity index (χ1) is 7.58. The fraction of sp³-hybridized carbons (Fsp3) is 0.667. The molecule has 0 N–H and O–H groups in total. The molecule has 0 saturated heterocycles. The summed E-state index contributed by atoms with van der Waals surface area (Å²) >= 11 is 0. The van der Waals surface area contributed by atoms with Crippen molar-refractivity contribution in [2.75, 3.05) is 0 Å². The number of esters is 2. The minimum absolute atomic E-state index is 0.308.